The fraction of sp³-hybridized carbons (Fsp3) is 0.190. The summed E-state index contributed by atoms with van der Waals surface area (Å²) in [5.74, 6) is -0.724. The average molecular weight is 443 g/mol. The molecule has 1 fully saturated rings. The first-order valence-corrected chi connectivity index (χ1v) is 11.1. The van der Waals surface area contributed by atoms with Gasteiger partial charge in [0.15, 0.2) is 0 Å². The number of carbonyl (C=O) groups is 2. The van der Waals surface area contributed by atoms with E-state index >= 15 is 0 Å². The third kappa shape index (κ3) is 3.92. The number of amides is 1. The molecule has 0 aliphatic carbocycles. The first kappa shape index (κ1) is 20.0. The van der Waals surface area contributed by atoms with Gasteiger partial charge in [-0.25, -0.2) is 0 Å². The number of thiocarbonyl (C=S) groups is 1. The Bertz CT molecular complexity index is 1050. The van der Waals surface area contributed by atoms with Crippen LogP contribution in [0.25, 0.3) is 6.08 Å². The first-order valence-electron chi connectivity index (χ1n) is 9.03. The molecule has 0 saturated carbocycles. The van der Waals surface area contributed by atoms with Crippen molar-refractivity contribution in [3.63, 3.8) is 0 Å². The number of carbonyl (C=O) groups excluding carboxylic acids is 2. The molecule has 0 spiro atoms. The Kier molecular flexibility index (Phi) is 5.67. The van der Waals surface area contributed by atoms with Gasteiger partial charge in [0.25, 0.3) is 5.91 Å². The van der Waals surface area contributed by atoms with Crippen LogP contribution in [0.2, 0.25) is 0 Å². The summed E-state index contributed by atoms with van der Waals surface area (Å²) in [4.78, 5) is 30.7. The minimum absolute atomic E-state index is 0.155. The predicted molar refractivity (Wildman–Crippen MR) is 122 cm³/mol. The Morgan fingerprint density at radius 3 is 2.69 bits per heavy atom. The first-order chi connectivity index (χ1) is 14.0. The van der Waals surface area contributed by atoms with E-state index in [2.05, 4.69) is 36.2 Å². The van der Waals surface area contributed by atoms with E-state index in [1.807, 2.05) is 24.3 Å². The fourth-order valence-electron chi connectivity index (χ4n) is 3.17. The van der Waals surface area contributed by atoms with E-state index in [0.717, 1.165) is 16.1 Å². The Morgan fingerprint density at radius 2 is 1.90 bits per heavy atom. The number of rotatable bonds is 4. The molecule has 1 saturated heterocycles. The zero-order valence-corrected chi connectivity index (χ0v) is 18.3. The molecule has 2 aromatic carbocycles. The molecule has 0 N–H and O–H groups in total. The summed E-state index contributed by atoms with van der Waals surface area (Å²) in [6.45, 7) is 1.84. The molecule has 2 aliphatic rings. The lowest BCUT2D eigenvalue weighted by Crippen LogP contribution is -2.34. The van der Waals surface area contributed by atoms with Crippen molar-refractivity contribution in [3.05, 3.63) is 52.9 Å². The molecule has 8 heteroatoms. The van der Waals surface area contributed by atoms with Gasteiger partial charge in [-0.15, -0.1) is 0 Å². The Labute approximate surface area is 183 Å². The van der Waals surface area contributed by atoms with Crippen molar-refractivity contribution in [1.29, 1.82) is 0 Å². The normalized spacial score (nSPS) is 16.8. The van der Waals surface area contributed by atoms with Crippen LogP contribution in [-0.4, -0.2) is 41.3 Å². The number of fused-ring (bicyclic) bond motifs is 2. The zero-order chi connectivity index (χ0) is 20.5. The van der Waals surface area contributed by atoms with Crippen LogP contribution >= 0.6 is 35.7 Å². The Balaban J connectivity index is 1.58. The number of ether oxygens (including phenoxy) is 1. The molecule has 29 heavy (non-hydrogen) atoms. The number of benzene rings is 2. The topological polar surface area (TPSA) is 49.9 Å². The van der Waals surface area contributed by atoms with Gasteiger partial charge in [0.1, 0.15) is 10.9 Å². The van der Waals surface area contributed by atoms with Crippen molar-refractivity contribution in [3.8, 4) is 0 Å². The van der Waals surface area contributed by atoms with Crippen LogP contribution in [-0.2, 0) is 14.3 Å². The maximum atomic E-state index is 12.7. The lowest BCUT2D eigenvalue weighted by molar-refractivity contribution is -0.145. The van der Waals surface area contributed by atoms with Crippen LogP contribution in [0.4, 0.5) is 11.4 Å². The van der Waals surface area contributed by atoms with Gasteiger partial charge in [0, 0.05) is 16.8 Å². The van der Waals surface area contributed by atoms with Gasteiger partial charge in [0.2, 0.25) is 0 Å². The van der Waals surface area contributed by atoms with E-state index in [-0.39, 0.29) is 19.1 Å². The van der Waals surface area contributed by atoms with Crippen LogP contribution in [0, 0.1) is 0 Å². The molecule has 2 aliphatic heterocycles. The number of nitrogens with zero attached hydrogens (tertiary/aromatic N) is 2. The second-order valence-corrected chi connectivity index (χ2v) is 9.19. The van der Waals surface area contributed by atoms with Crippen LogP contribution in [0.5, 0.6) is 0 Å². The third-order valence-corrected chi connectivity index (χ3v) is 7.05. The summed E-state index contributed by atoms with van der Waals surface area (Å²) >= 11 is 8.20. The van der Waals surface area contributed by atoms with Gasteiger partial charge < -0.3 is 9.64 Å². The molecule has 5 nitrogen and oxygen atoms in total. The highest BCUT2D eigenvalue weighted by molar-refractivity contribution is 8.26. The van der Waals surface area contributed by atoms with Crippen molar-refractivity contribution >= 4 is 69.4 Å². The SMILES string of the molecule is CCOC(=O)CN1C(=O)/C(=C/c2ccc3c(c2)Sc2ccccc2N3C)SC1=S. The van der Waals surface area contributed by atoms with Gasteiger partial charge in [-0.05, 0) is 42.8 Å². The number of anilines is 2. The van der Waals surface area contributed by atoms with Crippen molar-refractivity contribution < 1.29 is 14.3 Å². The highest BCUT2D eigenvalue weighted by atomic mass is 32.2. The predicted octanol–water partition coefficient (Wildman–Crippen LogP) is 4.68. The molecule has 4 rings (SSSR count). The number of thioether (sulfide) groups is 1. The van der Waals surface area contributed by atoms with Gasteiger partial charge in [-0.2, -0.15) is 0 Å². The molecular weight excluding hydrogens is 424 g/mol. The van der Waals surface area contributed by atoms with Crippen LogP contribution in [0.15, 0.2) is 57.2 Å². The Hall–Kier alpha value is -2.29. The summed E-state index contributed by atoms with van der Waals surface area (Å²) < 4.78 is 5.30. The van der Waals surface area contributed by atoms with E-state index in [1.54, 1.807) is 18.7 Å². The summed E-state index contributed by atoms with van der Waals surface area (Å²) in [5.41, 5.74) is 3.22. The van der Waals surface area contributed by atoms with E-state index < -0.39 is 5.97 Å². The molecule has 0 bridgehead atoms. The van der Waals surface area contributed by atoms with Gasteiger partial charge >= 0.3 is 5.97 Å². The quantitative estimate of drug-likeness (QED) is 0.387. The van der Waals surface area contributed by atoms with Crippen molar-refractivity contribution in [2.45, 2.75) is 16.7 Å². The van der Waals surface area contributed by atoms with Crippen molar-refractivity contribution in [2.24, 2.45) is 0 Å². The number of hydrogen-bond acceptors (Lipinski definition) is 7. The third-order valence-electron chi connectivity index (χ3n) is 4.56. The van der Waals surface area contributed by atoms with E-state index in [9.17, 15) is 9.59 Å². The Morgan fingerprint density at radius 1 is 1.14 bits per heavy atom. The highest BCUT2D eigenvalue weighted by Crippen LogP contribution is 2.47. The molecule has 0 unspecified atom stereocenters. The maximum absolute atomic E-state index is 12.7. The van der Waals surface area contributed by atoms with Crippen molar-refractivity contribution in [1.82, 2.24) is 4.90 Å². The summed E-state index contributed by atoms with van der Waals surface area (Å²) in [6, 6.07) is 14.4. The van der Waals surface area contributed by atoms with Crippen LogP contribution in [0.3, 0.4) is 0 Å². The molecular formula is C21H18N2O3S3. The standard InChI is InChI=1S/C21H18N2O3S3/c1-3-26-19(24)12-23-20(25)18(29-21(23)27)11-13-8-9-15-17(10-13)28-16-7-5-4-6-14(16)22(15)2/h4-11H,3,12H2,1-2H3/b18-11-. The van der Waals surface area contributed by atoms with E-state index in [1.165, 1.54) is 27.2 Å². The smallest absolute Gasteiger partial charge is 0.326 e. The number of para-hydroxylation sites is 1. The average Bonchev–Trinajstić information content (AvgIpc) is 2.95. The van der Waals surface area contributed by atoms with Crippen molar-refractivity contribution in [2.75, 3.05) is 25.1 Å². The summed E-state index contributed by atoms with van der Waals surface area (Å²) in [5, 5.41) is 0. The molecule has 0 aromatic heterocycles. The minimum Gasteiger partial charge on any atom is -0.465 e. The summed E-state index contributed by atoms with van der Waals surface area (Å²) in [7, 11) is 2.05. The summed E-state index contributed by atoms with van der Waals surface area (Å²) in [6.07, 6.45) is 1.83. The van der Waals surface area contributed by atoms with E-state index in [4.69, 9.17) is 17.0 Å². The molecule has 0 atom stereocenters. The lowest BCUT2D eigenvalue weighted by Gasteiger charge is -2.29. The minimum atomic E-state index is -0.461. The van der Waals surface area contributed by atoms with Gasteiger partial charge in [-0.3, -0.25) is 14.5 Å². The zero-order valence-electron chi connectivity index (χ0n) is 15.9. The lowest BCUT2D eigenvalue weighted by atomic mass is 10.1. The highest BCUT2D eigenvalue weighted by Gasteiger charge is 2.33. The van der Waals surface area contributed by atoms with Gasteiger partial charge in [0.05, 0.1) is 22.9 Å². The maximum Gasteiger partial charge on any atom is 0.326 e. The monoisotopic (exact) mass is 442 g/mol. The molecule has 1 amide bonds. The van der Waals surface area contributed by atoms with Crippen LogP contribution in [0.1, 0.15) is 12.5 Å². The van der Waals surface area contributed by atoms with E-state index in [0.29, 0.717) is 9.23 Å². The molecule has 0 radical (unpaired) electrons. The second kappa shape index (κ2) is 8.22. The number of esters is 1. The largest absolute Gasteiger partial charge is 0.465 e. The van der Waals surface area contributed by atoms with Crippen LogP contribution < -0.4 is 4.90 Å². The van der Waals surface area contributed by atoms with Gasteiger partial charge in [-0.1, -0.05) is 53.9 Å². The molecule has 148 valence electrons. The number of hydrogen-bond donors (Lipinski definition) is 0. The molecule has 2 heterocycles. The second-order valence-electron chi connectivity index (χ2n) is 6.43. The molecule has 2 aromatic rings. The fourth-order valence-corrected chi connectivity index (χ4v) is 5.62.